The van der Waals surface area contributed by atoms with Crippen molar-refractivity contribution >= 4 is 11.4 Å². The Morgan fingerprint density at radius 3 is 2.03 bits per heavy atom. The maximum Gasteiger partial charge on any atom is 0.139 e. The van der Waals surface area contributed by atoms with Crippen LogP contribution in [-0.2, 0) is 4.74 Å². The van der Waals surface area contributed by atoms with E-state index >= 15 is 0 Å². The van der Waals surface area contributed by atoms with Crippen LogP contribution >= 0.6 is 0 Å². The Balaban J connectivity index is 0.000000537. The third-order valence-electron chi connectivity index (χ3n) is 4.03. The minimum atomic E-state index is -0.0251. The molecule has 0 radical (unpaired) electrons. The molecule has 0 aliphatic carbocycles. The molecule has 3 rings (SSSR count). The Hall–Kier alpha value is -3.62. The lowest BCUT2D eigenvalue weighted by Gasteiger charge is -2.10. The number of phenolic OH excluding ortho intramolecular Hbond substituents is 2. The third-order valence-corrected chi connectivity index (χ3v) is 4.03. The summed E-state index contributed by atoms with van der Waals surface area (Å²) in [5.74, 6) is 6.11. The molecule has 6 N–H and O–H groups in total. The number of hydrogen-bond donors (Lipinski definition) is 4. The van der Waals surface area contributed by atoms with E-state index in [9.17, 15) is 10.2 Å². The first-order valence-electron chi connectivity index (χ1n) is 9.32. The largest absolute Gasteiger partial charge is 0.506 e. The molecule has 0 heterocycles. The van der Waals surface area contributed by atoms with Gasteiger partial charge in [0.1, 0.15) is 11.5 Å². The van der Waals surface area contributed by atoms with Gasteiger partial charge >= 0.3 is 0 Å². The molecule has 0 atom stereocenters. The fourth-order valence-electron chi connectivity index (χ4n) is 2.53. The third kappa shape index (κ3) is 6.20. The van der Waals surface area contributed by atoms with Gasteiger partial charge in [-0.05, 0) is 61.4 Å². The van der Waals surface area contributed by atoms with E-state index < -0.39 is 0 Å². The van der Waals surface area contributed by atoms with Gasteiger partial charge in [0.2, 0.25) is 0 Å². The van der Waals surface area contributed by atoms with Crippen molar-refractivity contribution in [2.45, 2.75) is 13.8 Å². The van der Waals surface area contributed by atoms with E-state index in [4.69, 9.17) is 16.2 Å². The summed E-state index contributed by atoms with van der Waals surface area (Å²) in [5, 5.41) is 19.5. The van der Waals surface area contributed by atoms with E-state index in [1.54, 1.807) is 18.2 Å². The predicted octanol–water partition coefficient (Wildman–Crippen LogP) is 4.37. The zero-order valence-corrected chi connectivity index (χ0v) is 16.6. The van der Waals surface area contributed by atoms with Crippen LogP contribution in [0.4, 0.5) is 11.4 Å². The average molecular weight is 390 g/mol. The number of anilines is 2. The van der Waals surface area contributed by atoms with E-state index in [0.717, 1.165) is 29.9 Å². The fraction of sp³-hybridized carbons (Fsp3) is 0.167. The number of benzene rings is 3. The molecule has 3 aromatic rings. The number of aromatic hydroxyl groups is 2. The molecule has 0 bridgehead atoms. The summed E-state index contributed by atoms with van der Waals surface area (Å²) in [6.45, 7) is 5.67. The van der Waals surface area contributed by atoms with Crippen molar-refractivity contribution in [1.29, 1.82) is 0 Å². The number of rotatable bonds is 3. The molecule has 5 heteroatoms. The fourth-order valence-corrected chi connectivity index (χ4v) is 2.53. The quantitative estimate of drug-likeness (QED) is 0.302. The van der Waals surface area contributed by atoms with Gasteiger partial charge in [-0.25, -0.2) is 0 Å². The second kappa shape index (κ2) is 10.6. The monoisotopic (exact) mass is 390 g/mol. The van der Waals surface area contributed by atoms with Crippen LogP contribution in [0.3, 0.4) is 0 Å². The molecule has 0 saturated heterocycles. The number of ether oxygens (including phenoxy) is 1. The highest BCUT2D eigenvalue weighted by molar-refractivity contribution is 5.80. The summed E-state index contributed by atoms with van der Waals surface area (Å²) in [7, 11) is 0. The van der Waals surface area contributed by atoms with Gasteiger partial charge in [-0.2, -0.15) is 0 Å². The summed E-state index contributed by atoms with van der Waals surface area (Å²) in [4.78, 5) is 0. The van der Waals surface area contributed by atoms with E-state index in [1.165, 1.54) is 12.1 Å². The summed E-state index contributed by atoms with van der Waals surface area (Å²) in [6, 6.07) is 17.6. The SMILES string of the molecule is CCOCC.Nc1cc(-c2cc(N)c(O)cc2C#Cc2ccccc2)ccc1O. The highest BCUT2D eigenvalue weighted by Crippen LogP contribution is 2.34. The highest BCUT2D eigenvalue weighted by atomic mass is 16.5. The molecule has 0 aliphatic heterocycles. The molecule has 0 unspecified atom stereocenters. The molecule has 0 fully saturated rings. The predicted molar refractivity (Wildman–Crippen MR) is 119 cm³/mol. The number of phenols is 2. The molecule has 29 heavy (non-hydrogen) atoms. The molecule has 0 spiro atoms. The first-order chi connectivity index (χ1) is 14.0. The van der Waals surface area contributed by atoms with Crippen molar-refractivity contribution < 1.29 is 14.9 Å². The van der Waals surface area contributed by atoms with Crippen LogP contribution in [0.15, 0.2) is 60.7 Å². The van der Waals surface area contributed by atoms with Gasteiger partial charge in [-0.1, -0.05) is 36.1 Å². The smallest absolute Gasteiger partial charge is 0.139 e. The number of hydrogen-bond acceptors (Lipinski definition) is 5. The van der Waals surface area contributed by atoms with Crippen molar-refractivity contribution in [2.24, 2.45) is 0 Å². The summed E-state index contributed by atoms with van der Waals surface area (Å²) < 4.78 is 4.83. The zero-order chi connectivity index (χ0) is 21.2. The van der Waals surface area contributed by atoms with Crippen LogP contribution in [0.1, 0.15) is 25.0 Å². The Morgan fingerprint density at radius 1 is 0.793 bits per heavy atom. The minimum absolute atomic E-state index is 0.0161. The summed E-state index contributed by atoms with van der Waals surface area (Å²) in [5.41, 5.74) is 15.1. The molecule has 0 amide bonds. The van der Waals surface area contributed by atoms with Gasteiger partial charge in [0.15, 0.2) is 0 Å². The topological polar surface area (TPSA) is 102 Å². The molecular formula is C24H26N2O3. The minimum Gasteiger partial charge on any atom is -0.506 e. The molecular weight excluding hydrogens is 364 g/mol. The van der Waals surface area contributed by atoms with Crippen LogP contribution in [-0.4, -0.2) is 23.4 Å². The van der Waals surface area contributed by atoms with E-state index in [-0.39, 0.29) is 22.9 Å². The van der Waals surface area contributed by atoms with Gasteiger partial charge in [-0.15, -0.1) is 0 Å². The van der Waals surface area contributed by atoms with E-state index in [2.05, 4.69) is 11.8 Å². The number of nitrogens with two attached hydrogens (primary N) is 2. The Bertz CT molecular complexity index is 1000. The van der Waals surface area contributed by atoms with Crippen molar-refractivity contribution in [3.63, 3.8) is 0 Å². The molecule has 150 valence electrons. The first kappa shape index (κ1) is 21.7. The van der Waals surface area contributed by atoms with Gasteiger partial charge in [0.25, 0.3) is 0 Å². The number of nitrogen functional groups attached to an aromatic ring is 2. The first-order valence-corrected chi connectivity index (χ1v) is 9.32. The lowest BCUT2D eigenvalue weighted by Crippen LogP contribution is -1.93. The van der Waals surface area contributed by atoms with Crippen LogP contribution < -0.4 is 11.5 Å². The summed E-state index contributed by atoms with van der Waals surface area (Å²) >= 11 is 0. The van der Waals surface area contributed by atoms with Crippen molar-refractivity contribution in [3.8, 4) is 34.5 Å². The summed E-state index contributed by atoms with van der Waals surface area (Å²) in [6.07, 6.45) is 0. The van der Waals surface area contributed by atoms with Crippen molar-refractivity contribution in [1.82, 2.24) is 0 Å². The molecule has 0 aromatic heterocycles. The molecule has 0 saturated carbocycles. The normalized spacial score (nSPS) is 9.72. The Kier molecular flexibility index (Phi) is 7.96. The van der Waals surface area contributed by atoms with Crippen LogP contribution in [0, 0.1) is 11.8 Å². The van der Waals surface area contributed by atoms with Gasteiger partial charge in [-0.3, -0.25) is 0 Å². The lowest BCUT2D eigenvalue weighted by molar-refractivity contribution is 0.162. The second-order valence-corrected chi connectivity index (χ2v) is 6.13. The standard InChI is InChI=1S/C20H16N2O2.C4H10O/c21-17-10-14(8-9-19(17)23)16-12-18(22)20(24)11-15(16)7-6-13-4-2-1-3-5-13;1-3-5-4-2/h1-5,8-12,23-24H,21-22H2;3-4H2,1-2H3. The second-order valence-electron chi connectivity index (χ2n) is 6.13. The molecule has 5 nitrogen and oxygen atoms in total. The average Bonchev–Trinajstić information content (AvgIpc) is 2.72. The molecule has 0 aliphatic rings. The van der Waals surface area contributed by atoms with Crippen LogP contribution in [0.5, 0.6) is 11.5 Å². The van der Waals surface area contributed by atoms with Gasteiger partial charge in [0.05, 0.1) is 11.4 Å². The molecule has 3 aromatic carbocycles. The van der Waals surface area contributed by atoms with Crippen molar-refractivity contribution in [3.05, 3.63) is 71.8 Å². The Labute approximate surface area is 171 Å². The maximum absolute atomic E-state index is 9.91. The van der Waals surface area contributed by atoms with Crippen LogP contribution in [0.2, 0.25) is 0 Å². The van der Waals surface area contributed by atoms with Gasteiger partial charge < -0.3 is 26.4 Å². The maximum atomic E-state index is 9.91. The van der Waals surface area contributed by atoms with Gasteiger partial charge in [0, 0.05) is 24.3 Å². The van der Waals surface area contributed by atoms with E-state index in [0.29, 0.717) is 5.56 Å². The van der Waals surface area contributed by atoms with Crippen LogP contribution in [0.25, 0.3) is 11.1 Å². The Morgan fingerprint density at radius 2 is 1.45 bits per heavy atom. The lowest BCUT2D eigenvalue weighted by atomic mass is 9.97. The van der Waals surface area contributed by atoms with Crippen molar-refractivity contribution in [2.75, 3.05) is 24.7 Å². The van der Waals surface area contributed by atoms with E-state index in [1.807, 2.05) is 44.2 Å². The zero-order valence-electron chi connectivity index (χ0n) is 16.6. The highest BCUT2D eigenvalue weighted by Gasteiger charge is 2.10.